The summed E-state index contributed by atoms with van der Waals surface area (Å²) in [4.78, 5) is 4.46. The largest absolute Gasteiger partial charge is 0.374 e. The lowest BCUT2D eigenvalue weighted by molar-refractivity contribution is 1.10. The van der Waals surface area contributed by atoms with E-state index < -0.39 is 0 Å². The molecule has 0 amide bonds. The fourth-order valence-corrected chi connectivity index (χ4v) is 2.32. The van der Waals surface area contributed by atoms with E-state index >= 15 is 0 Å². The molecule has 0 spiro atoms. The van der Waals surface area contributed by atoms with Crippen molar-refractivity contribution in [2.45, 2.75) is 6.92 Å². The Kier molecular flexibility index (Phi) is 2.26. The Morgan fingerprint density at radius 3 is 2.76 bits per heavy atom. The Morgan fingerprint density at radius 2 is 2.00 bits per heavy atom. The molecule has 0 fully saturated rings. The minimum absolute atomic E-state index is 0.488. The van der Waals surface area contributed by atoms with Crippen LogP contribution in [0.1, 0.15) is 5.69 Å². The van der Waals surface area contributed by atoms with Gasteiger partial charge in [-0.1, -0.05) is 17.4 Å². The van der Waals surface area contributed by atoms with E-state index in [-0.39, 0.29) is 0 Å². The van der Waals surface area contributed by atoms with Gasteiger partial charge in [-0.3, -0.25) is 4.98 Å². The highest BCUT2D eigenvalue weighted by Crippen LogP contribution is 2.27. The molecule has 3 rings (SSSR count). The predicted molar refractivity (Wildman–Crippen MR) is 69.8 cm³/mol. The van der Waals surface area contributed by atoms with E-state index in [9.17, 15) is 0 Å². The Labute approximate surface area is 102 Å². The van der Waals surface area contributed by atoms with Crippen molar-refractivity contribution in [1.29, 1.82) is 0 Å². The van der Waals surface area contributed by atoms with Crippen LogP contribution in [-0.2, 0) is 0 Å². The van der Waals surface area contributed by atoms with E-state index in [2.05, 4.69) is 27.3 Å². The Bertz CT molecular complexity index is 690. The number of hydrogen-bond acceptors (Lipinski definition) is 5. The number of fused-ring (bicyclic) bond motifs is 1. The van der Waals surface area contributed by atoms with Crippen molar-refractivity contribution in [3.05, 3.63) is 36.0 Å². The van der Waals surface area contributed by atoms with Crippen molar-refractivity contribution in [2.75, 3.05) is 5.73 Å². The molecule has 0 atom stereocenters. The highest BCUT2D eigenvalue weighted by Gasteiger charge is 2.05. The normalized spacial score (nSPS) is 10.9. The summed E-state index contributed by atoms with van der Waals surface area (Å²) in [6.07, 6.45) is 0. The van der Waals surface area contributed by atoms with Gasteiger partial charge in [-0.05, 0) is 31.2 Å². The van der Waals surface area contributed by atoms with E-state index in [1.807, 2.05) is 25.1 Å². The van der Waals surface area contributed by atoms with Gasteiger partial charge in [-0.2, -0.15) is 0 Å². The Balaban J connectivity index is 2.16. The molecular formula is C12H10N4S. The van der Waals surface area contributed by atoms with Gasteiger partial charge in [0, 0.05) is 16.6 Å². The highest BCUT2D eigenvalue weighted by molar-refractivity contribution is 7.18. The topological polar surface area (TPSA) is 64.7 Å². The third-order valence-corrected chi connectivity index (χ3v) is 3.32. The van der Waals surface area contributed by atoms with Crippen molar-refractivity contribution in [1.82, 2.24) is 15.2 Å². The number of aryl methyl sites for hydroxylation is 1. The van der Waals surface area contributed by atoms with Crippen molar-refractivity contribution in [3.8, 4) is 10.6 Å². The summed E-state index contributed by atoms with van der Waals surface area (Å²) >= 11 is 1.39. The number of nitrogen functional groups attached to an aromatic ring is 1. The van der Waals surface area contributed by atoms with Gasteiger partial charge in [0.1, 0.15) is 5.01 Å². The number of pyridine rings is 1. The van der Waals surface area contributed by atoms with Gasteiger partial charge >= 0.3 is 0 Å². The van der Waals surface area contributed by atoms with Crippen LogP contribution in [0.2, 0.25) is 0 Å². The van der Waals surface area contributed by atoms with Crippen molar-refractivity contribution < 1.29 is 0 Å². The first-order valence-electron chi connectivity index (χ1n) is 5.19. The molecule has 17 heavy (non-hydrogen) atoms. The lowest BCUT2D eigenvalue weighted by Gasteiger charge is -2.00. The molecule has 0 aliphatic carbocycles. The average Bonchev–Trinajstić information content (AvgIpc) is 2.75. The van der Waals surface area contributed by atoms with Crippen LogP contribution in [0.25, 0.3) is 21.5 Å². The second kappa shape index (κ2) is 3.78. The van der Waals surface area contributed by atoms with E-state index in [0.717, 1.165) is 27.2 Å². The smallest absolute Gasteiger partial charge is 0.203 e. The van der Waals surface area contributed by atoms with Crippen LogP contribution < -0.4 is 5.73 Å². The third-order valence-electron chi connectivity index (χ3n) is 2.52. The molecule has 5 heteroatoms. The number of anilines is 1. The molecule has 0 unspecified atom stereocenters. The van der Waals surface area contributed by atoms with Crippen molar-refractivity contribution >= 4 is 27.4 Å². The SMILES string of the molecule is Cc1ccc2cc(-c3nnc(N)s3)ccc2n1. The lowest BCUT2D eigenvalue weighted by atomic mass is 10.1. The first-order valence-corrected chi connectivity index (χ1v) is 6.01. The second-order valence-corrected chi connectivity index (χ2v) is 4.81. The average molecular weight is 242 g/mol. The summed E-state index contributed by atoms with van der Waals surface area (Å²) in [5.74, 6) is 0. The molecule has 2 aromatic heterocycles. The highest BCUT2D eigenvalue weighted by atomic mass is 32.1. The van der Waals surface area contributed by atoms with Crippen LogP contribution in [0.4, 0.5) is 5.13 Å². The van der Waals surface area contributed by atoms with Gasteiger partial charge in [-0.25, -0.2) is 0 Å². The zero-order chi connectivity index (χ0) is 11.8. The number of hydrogen-bond donors (Lipinski definition) is 1. The fourth-order valence-electron chi connectivity index (χ4n) is 1.71. The van der Waals surface area contributed by atoms with Crippen molar-refractivity contribution in [3.63, 3.8) is 0 Å². The molecule has 1 aromatic carbocycles. The number of rotatable bonds is 1. The first kappa shape index (κ1) is 10.2. The van der Waals surface area contributed by atoms with Gasteiger partial charge in [-0.15, -0.1) is 10.2 Å². The summed E-state index contributed by atoms with van der Waals surface area (Å²) in [6.45, 7) is 1.98. The monoisotopic (exact) mass is 242 g/mol. The Morgan fingerprint density at radius 1 is 1.12 bits per heavy atom. The van der Waals surface area contributed by atoms with Gasteiger partial charge < -0.3 is 5.73 Å². The molecule has 84 valence electrons. The van der Waals surface area contributed by atoms with Crippen LogP contribution in [0.15, 0.2) is 30.3 Å². The van der Waals surface area contributed by atoms with Crippen LogP contribution in [-0.4, -0.2) is 15.2 Å². The van der Waals surface area contributed by atoms with Crippen LogP contribution in [0, 0.1) is 6.92 Å². The number of nitrogens with zero attached hydrogens (tertiary/aromatic N) is 3. The van der Waals surface area contributed by atoms with Crippen LogP contribution in [0.3, 0.4) is 0 Å². The van der Waals surface area contributed by atoms with E-state index in [0.29, 0.717) is 5.13 Å². The van der Waals surface area contributed by atoms with Gasteiger partial charge in [0.25, 0.3) is 0 Å². The maximum atomic E-state index is 5.58. The van der Waals surface area contributed by atoms with Crippen molar-refractivity contribution in [2.24, 2.45) is 0 Å². The molecule has 0 aliphatic rings. The summed E-state index contributed by atoms with van der Waals surface area (Å²) in [5.41, 5.74) is 8.62. The molecule has 0 saturated heterocycles. The zero-order valence-corrected chi connectivity index (χ0v) is 10.0. The number of nitrogens with two attached hydrogens (primary N) is 1. The zero-order valence-electron chi connectivity index (χ0n) is 9.21. The molecular weight excluding hydrogens is 232 g/mol. The molecule has 0 aliphatic heterocycles. The van der Waals surface area contributed by atoms with E-state index in [4.69, 9.17) is 5.73 Å². The first-order chi connectivity index (χ1) is 8.22. The number of benzene rings is 1. The minimum Gasteiger partial charge on any atom is -0.374 e. The van der Waals surface area contributed by atoms with E-state index in [1.165, 1.54) is 11.3 Å². The molecule has 2 heterocycles. The maximum absolute atomic E-state index is 5.58. The molecule has 4 nitrogen and oxygen atoms in total. The maximum Gasteiger partial charge on any atom is 0.203 e. The van der Waals surface area contributed by atoms with Gasteiger partial charge in [0.05, 0.1) is 5.52 Å². The minimum atomic E-state index is 0.488. The van der Waals surface area contributed by atoms with E-state index in [1.54, 1.807) is 0 Å². The quantitative estimate of drug-likeness (QED) is 0.712. The summed E-state index contributed by atoms with van der Waals surface area (Å²) in [5, 5.41) is 10.3. The summed E-state index contributed by atoms with van der Waals surface area (Å²) in [6, 6.07) is 10.1. The summed E-state index contributed by atoms with van der Waals surface area (Å²) in [7, 11) is 0. The molecule has 3 aromatic rings. The fraction of sp³-hybridized carbons (Fsp3) is 0.0833. The Hall–Kier alpha value is -2.01. The van der Waals surface area contributed by atoms with Gasteiger partial charge in [0.15, 0.2) is 0 Å². The number of aromatic nitrogens is 3. The molecule has 0 saturated carbocycles. The second-order valence-electron chi connectivity index (χ2n) is 3.81. The molecule has 2 N–H and O–H groups in total. The van der Waals surface area contributed by atoms with Crippen LogP contribution in [0.5, 0.6) is 0 Å². The third kappa shape index (κ3) is 1.85. The van der Waals surface area contributed by atoms with Gasteiger partial charge in [0.2, 0.25) is 5.13 Å². The molecule has 0 radical (unpaired) electrons. The van der Waals surface area contributed by atoms with Crippen LogP contribution >= 0.6 is 11.3 Å². The predicted octanol–water partition coefficient (Wildman–Crippen LogP) is 2.64. The lowest BCUT2D eigenvalue weighted by Crippen LogP contribution is -1.84. The summed E-state index contributed by atoms with van der Waals surface area (Å²) < 4.78 is 0. The molecule has 0 bridgehead atoms. The standard InChI is InChI=1S/C12H10N4S/c1-7-2-3-8-6-9(4-5-10(8)14-7)11-15-16-12(13)17-11/h2-6H,1H3,(H2,13,16).